The van der Waals surface area contributed by atoms with Gasteiger partial charge in [-0.25, -0.2) is 0 Å². The van der Waals surface area contributed by atoms with Crippen LogP contribution in [0.5, 0.6) is 0 Å². The van der Waals surface area contributed by atoms with Crippen molar-refractivity contribution in [2.75, 3.05) is 38.5 Å². The first-order valence-electron chi connectivity index (χ1n) is 14.5. The molecule has 0 radical (unpaired) electrons. The minimum Gasteiger partial charge on any atom is -0.447 e. The number of fused-ring (bicyclic) bond motifs is 1. The van der Waals surface area contributed by atoms with E-state index < -0.39 is 11.8 Å². The van der Waals surface area contributed by atoms with Gasteiger partial charge in [-0.2, -0.15) is 5.26 Å². The van der Waals surface area contributed by atoms with E-state index in [1.165, 1.54) is 31.3 Å². The number of Topliss-reactive ketones (excluding diaryl/α,β-unsaturated/α-hetero) is 1. The number of nitriles is 1. The monoisotopic (exact) mass is 582 g/mol. The van der Waals surface area contributed by atoms with Crippen LogP contribution in [0.15, 0.2) is 70.6 Å². The fourth-order valence-electron chi connectivity index (χ4n) is 5.46. The van der Waals surface area contributed by atoms with Gasteiger partial charge in [0.05, 0.1) is 6.54 Å². The number of hydrogen-bond donors (Lipinski definition) is 3. The minimum atomic E-state index is -0.788. The van der Waals surface area contributed by atoms with Crippen LogP contribution in [0.2, 0.25) is 0 Å². The van der Waals surface area contributed by atoms with Crippen molar-refractivity contribution in [1.82, 2.24) is 20.4 Å². The van der Waals surface area contributed by atoms with Crippen LogP contribution in [-0.2, 0) is 9.59 Å². The van der Waals surface area contributed by atoms with Gasteiger partial charge in [-0.15, -0.1) is 0 Å². The molecule has 3 aromatic rings. The molecular formula is C32H34N6O5. The highest BCUT2D eigenvalue weighted by Gasteiger charge is 2.32. The summed E-state index contributed by atoms with van der Waals surface area (Å²) in [6, 6.07) is 14.6. The third-order valence-electron chi connectivity index (χ3n) is 7.86. The maximum absolute atomic E-state index is 13.7. The molecule has 11 nitrogen and oxygen atoms in total. The number of ketones is 1. The van der Waals surface area contributed by atoms with Crippen molar-refractivity contribution in [3.05, 3.63) is 77.3 Å². The maximum Gasteiger partial charge on any atom is 0.251 e. The molecule has 3 heterocycles. The van der Waals surface area contributed by atoms with Gasteiger partial charge in [-0.3, -0.25) is 19.2 Å². The maximum atomic E-state index is 13.7. The lowest BCUT2D eigenvalue weighted by molar-refractivity contribution is -0.140. The lowest BCUT2D eigenvalue weighted by atomic mass is 10.0. The number of furan rings is 1. The van der Waals surface area contributed by atoms with Crippen molar-refractivity contribution in [3.8, 4) is 6.07 Å². The van der Waals surface area contributed by atoms with Crippen LogP contribution in [0.25, 0.3) is 10.8 Å². The number of likely N-dealkylation sites (tertiary alicyclic amines) is 2. The number of carbonyl (C=O) groups is 4. The molecule has 5 rings (SSSR count). The summed E-state index contributed by atoms with van der Waals surface area (Å²) in [5.74, 6) is -0.920. The summed E-state index contributed by atoms with van der Waals surface area (Å²) in [5.41, 5.74) is 0.303. The average Bonchev–Trinajstić information content (AvgIpc) is 3.69. The second kappa shape index (κ2) is 13.2. The van der Waals surface area contributed by atoms with Crippen molar-refractivity contribution in [3.63, 3.8) is 0 Å². The van der Waals surface area contributed by atoms with Crippen molar-refractivity contribution < 1.29 is 23.6 Å². The van der Waals surface area contributed by atoms with E-state index >= 15 is 0 Å². The fraction of sp³-hybridized carbons (Fsp3) is 0.344. The lowest BCUT2D eigenvalue weighted by Gasteiger charge is -2.27. The number of rotatable bonds is 9. The fourth-order valence-corrected chi connectivity index (χ4v) is 5.46. The lowest BCUT2D eigenvalue weighted by Crippen LogP contribution is -2.49. The van der Waals surface area contributed by atoms with Crippen molar-refractivity contribution >= 4 is 40.2 Å². The molecule has 2 fully saturated rings. The summed E-state index contributed by atoms with van der Waals surface area (Å²) < 4.78 is 5.76. The van der Waals surface area contributed by atoms with E-state index in [0.717, 1.165) is 30.0 Å². The van der Waals surface area contributed by atoms with Crippen LogP contribution in [0.3, 0.4) is 0 Å². The van der Waals surface area contributed by atoms with E-state index in [1.807, 2.05) is 30.3 Å². The van der Waals surface area contributed by atoms with E-state index in [1.54, 1.807) is 16.1 Å². The third-order valence-corrected chi connectivity index (χ3v) is 7.86. The molecule has 0 spiro atoms. The number of hydrogen-bond acceptors (Lipinski definition) is 8. The Kier molecular flexibility index (Phi) is 9.05. The van der Waals surface area contributed by atoms with Crippen molar-refractivity contribution in [2.24, 2.45) is 0 Å². The second-order valence-corrected chi connectivity index (χ2v) is 10.7. The first kappa shape index (κ1) is 29.4. The quantitative estimate of drug-likeness (QED) is 0.198. The molecule has 3 N–H and O–H groups in total. The van der Waals surface area contributed by atoms with E-state index in [-0.39, 0.29) is 41.2 Å². The van der Waals surface area contributed by atoms with Gasteiger partial charge in [0.25, 0.3) is 5.91 Å². The molecule has 1 aromatic heterocycles. The number of carbonyl (C=O) groups excluding carboxylic acids is 4. The standard InChI is InChI=1S/C32H34N6O5/c1-34-30(41)22-13-11-21(12-14-22)28(40)25(18-33)29(36-31-24-9-3-2-8-23(24)20-43-31)35-26-10-4-5-17-38(32(26)42)19-27(39)37-15-6-7-16-37/h2-3,8-9,11-14,20,26,35-36H,4-7,10,15-17,19H2,1H3,(H,34,41)/t26-/m0/s1. The summed E-state index contributed by atoms with van der Waals surface area (Å²) in [6.07, 6.45) is 5.38. The van der Waals surface area contributed by atoms with Gasteiger partial charge in [0, 0.05) is 48.6 Å². The van der Waals surface area contributed by atoms with Crippen molar-refractivity contribution in [1.29, 1.82) is 5.26 Å². The first-order valence-corrected chi connectivity index (χ1v) is 14.5. The molecule has 2 aliphatic heterocycles. The van der Waals surface area contributed by atoms with E-state index in [0.29, 0.717) is 43.9 Å². The van der Waals surface area contributed by atoms with E-state index in [9.17, 15) is 24.4 Å². The predicted octanol–water partition coefficient (Wildman–Crippen LogP) is 3.42. The molecule has 43 heavy (non-hydrogen) atoms. The molecule has 2 aliphatic rings. The zero-order chi connectivity index (χ0) is 30.3. The Bertz CT molecular complexity index is 1600. The zero-order valence-corrected chi connectivity index (χ0v) is 24.0. The van der Waals surface area contributed by atoms with Crippen LogP contribution < -0.4 is 16.0 Å². The number of amides is 3. The van der Waals surface area contributed by atoms with Gasteiger partial charge < -0.3 is 30.2 Å². The minimum absolute atomic E-state index is 0.00592. The Morgan fingerprint density at radius 2 is 1.67 bits per heavy atom. The van der Waals surface area contributed by atoms with Crippen LogP contribution in [-0.4, -0.2) is 72.6 Å². The number of anilines is 1. The van der Waals surface area contributed by atoms with Gasteiger partial charge >= 0.3 is 0 Å². The number of benzene rings is 2. The van der Waals surface area contributed by atoms with E-state index in [2.05, 4.69) is 16.0 Å². The molecule has 0 unspecified atom stereocenters. The SMILES string of the molecule is CNC(=O)c1ccc(C(=O)C(C#N)=C(Nc2occ3ccccc23)N[C@H]2CCCCN(CC(=O)N3CCCC3)C2=O)cc1. The molecule has 0 saturated carbocycles. The first-order chi connectivity index (χ1) is 20.9. The molecular weight excluding hydrogens is 548 g/mol. The molecule has 222 valence electrons. The molecule has 11 heteroatoms. The Morgan fingerprint density at radius 1 is 0.977 bits per heavy atom. The summed E-state index contributed by atoms with van der Waals surface area (Å²) in [6.45, 7) is 1.85. The van der Waals surface area contributed by atoms with E-state index in [4.69, 9.17) is 4.42 Å². The Balaban J connectivity index is 1.47. The van der Waals surface area contributed by atoms with Crippen molar-refractivity contribution in [2.45, 2.75) is 38.1 Å². The predicted molar refractivity (Wildman–Crippen MR) is 160 cm³/mol. The topological polar surface area (TPSA) is 148 Å². The molecule has 2 aromatic carbocycles. The third kappa shape index (κ3) is 6.54. The molecule has 3 amide bonds. The summed E-state index contributed by atoms with van der Waals surface area (Å²) in [7, 11) is 1.51. The zero-order valence-electron chi connectivity index (χ0n) is 24.0. The number of nitrogens with one attached hydrogen (secondary N) is 3. The van der Waals surface area contributed by atoms with Crippen LogP contribution >= 0.6 is 0 Å². The number of nitrogens with zero attached hydrogens (tertiary/aromatic N) is 3. The summed E-state index contributed by atoms with van der Waals surface area (Å²) in [4.78, 5) is 55.6. The summed E-state index contributed by atoms with van der Waals surface area (Å²) in [5, 5.41) is 20.5. The highest BCUT2D eigenvalue weighted by molar-refractivity contribution is 6.12. The van der Waals surface area contributed by atoms with Crippen LogP contribution in [0, 0.1) is 11.3 Å². The molecule has 0 bridgehead atoms. The molecule has 0 aliphatic carbocycles. The average molecular weight is 583 g/mol. The smallest absolute Gasteiger partial charge is 0.251 e. The Labute approximate surface area is 249 Å². The highest BCUT2D eigenvalue weighted by atomic mass is 16.3. The molecule has 1 atom stereocenters. The van der Waals surface area contributed by atoms with Gasteiger partial charge in [0.2, 0.25) is 23.5 Å². The largest absolute Gasteiger partial charge is 0.447 e. The molecule has 2 saturated heterocycles. The van der Waals surface area contributed by atoms with Crippen LogP contribution in [0.4, 0.5) is 5.88 Å². The summed E-state index contributed by atoms with van der Waals surface area (Å²) >= 11 is 0. The van der Waals surface area contributed by atoms with Gasteiger partial charge in [-0.1, -0.05) is 30.3 Å². The Hall–Kier alpha value is -5.11. The second-order valence-electron chi connectivity index (χ2n) is 10.7. The Morgan fingerprint density at radius 3 is 2.40 bits per heavy atom. The highest BCUT2D eigenvalue weighted by Crippen LogP contribution is 2.28. The number of allylic oxidation sites excluding steroid dienone is 1. The normalized spacial score (nSPS) is 17.6. The van der Waals surface area contributed by atoms with Gasteiger partial charge in [0.15, 0.2) is 0 Å². The van der Waals surface area contributed by atoms with Gasteiger partial charge in [0.1, 0.15) is 29.8 Å². The van der Waals surface area contributed by atoms with Gasteiger partial charge in [-0.05, 0) is 50.3 Å². The van der Waals surface area contributed by atoms with Crippen LogP contribution in [0.1, 0.15) is 52.8 Å².